The van der Waals surface area contributed by atoms with E-state index in [2.05, 4.69) is 10.1 Å². The molecule has 0 aliphatic heterocycles. The first-order valence-corrected chi connectivity index (χ1v) is 5.45. The molecular formula is C10H18N2O5. The number of carboxylic acids is 1. The molecule has 0 rings (SSSR count). The topological polar surface area (TPSA) is 119 Å². The Balaban J connectivity index is 4.11. The summed E-state index contributed by atoms with van der Waals surface area (Å²) in [5.41, 5.74) is 5.27. The summed E-state index contributed by atoms with van der Waals surface area (Å²) in [6.07, 6.45) is 0.529. The van der Waals surface area contributed by atoms with E-state index < -0.39 is 24.1 Å². The summed E-state index contributed by atoms with van der Waals surface area (Å²) < 4.78 is 4.31. The Hall–Kier alpha value is -1.63. The lowest BCUT2D eigenvalue weighted by molar-refractivity contribution is -0.141. The Labute approximate surface area is 99.3 Å². The van der Waals surface area contributed by atoms with Gasteiger partial charge in [-0.15, -0.1) is 0 Å². The van der Waals surface area contributed by atoms with Gasteiger partial charge >= 0.3 is 18.0 Å². The number of carboxylic acid groups (broad SMARTS) is 1. The summed E-state index contributed by atoms with van der Waals surface area (Å²) in [5, 5.41) is 10.9. The van der Waals surface area contributed by atoms with Crippen molar-refractivity contribution in [1.29, 1.82) is 0 Å². The molecule has 0 aromatic heterocycles. The van der Waals surface area contributed by atoms with Crippen molar-refractivity contribution in [2.24, 2.45) is 5.73 Å². The Morgan fingerprint density at radius 3 is 2.47 bits per heavy atom. The Kier molecular flexibility index (Phi) is 7.70. The van der Waals surface area contributed by atoms with Gasteiger partial charge in [0.15, 0.2) is 0 Å². The van der Waals surface area contributed by atoms with Gasteiger partial charge in [-0.3, -0.25) is 4.79 Å². The van der Waals surface area contributed by atoms with Gasteiger partial charge in [-0.2, -0.15) is 0 Å². The second kappa shape index (κ2) is 8.51. The molecule has 0 aromatic carbocycles. The highest BCUT2D eigenvalue weighted by Crippen LogP contribution is 2.01. The number of esters is 1. The van der Waals surface area contributed by atoms with E-state index in [1.54, 1.807) is 0 Å². The number of nitrogens with two attached hydrogens (primary N) is 1. The van der Waals surface area contributed by atoms with Crippen molar-refractivity contribution in [3.63, 3.8) is 0 Å². The number of aliphatic carboxylic acids is 1. The number of nitrogens with one attached hydrogen (secondary N) is 1. The third kappa shape index (κ3) is 7.29. The van der Waals surface area contributed by atoms with Crippen LogP contribution in [-0.4, -0.2) is 35.7 Å². The highest BCUT2D eigenvalue weighted by atomic mass is 16.6. The summed E-state index contributed by atoms with van der Waals surface area (Å²) in [7, 11) is 0. The van der Waals surface area contributed by atoms with Gasteiger partial charge < -0.3 is 20.9 Å². The number of carbonyl (C=O) groups excluding carboxylic acids is 2. The van der Waals surface area contributed by atoms with Crippen LogP contribution >= 0.6 is 0 Å². The Morgan fingerprint density at radius 2 is 2.00 bits per heavy atom. The molecule has 0 spiro atoms. The standard InChI is InChI=1S/C10H18N2O5/c1-2-8(13)17-10(16)12-7(9(14)15)5-3-4-6-11/h7H,2-6,11H2,1H3,(H,12,16)(H,14,15)/t7-/m0/s1. The number of amides is 1. The van der Waals surface area contributed by atoms with Crippen LogP contribution in [0.5, 0.6) is 0 Å². The summed E-state index contributed by atoms with van der Waals surface area (Å²) in [4.78, 5) is 32.7. The van der Waals surface area contributed by atoms with Gasteiger partial charge in [-0.1, -0.05) is 6.92 Å². The number of hydrogen-bond donors (Lipinski definition) is 3. The second-order valence-electron chi connectivity index (χ2n) is 3.43. The maximum absolute atomic E-state index is 11.1. The molecule has 98 valence electrons. The fourth-order valence-electron chi connectivity index (χ4n) is 1.10. The molecule has 0 fully saturated rings. The molecule has 0 aliphatic carbocycles. The molecular weight excluding hydrogens is 228 g/mol. The minimum atomic E-state index is -1.16. The zero-order chi connectivity index (χ0) is 13.3. The van der Waals surface area contributed by atoms with Crippen LogP contribution < -0.4 is 11.1 Å². The molecule has 1 atom stereocenters. The van der Waals surface area contributed by atoms with E-state index in [9.17, 15) is 14.4 Å². The molecule has 0 bridgehead atoms. The van der Waals surface area contributed by atoms with Crippen LogP contribution in [-0.2, 0) is 14.3 Å². The smallest absolute Gasteiger partial charge is 0.415 e. The average Bonchev–Trinajstić information content (AvgIpc) is 2.27. The normalized spacial score (nSPS) is 11.6. The van der Waals surface area contributed by atoms with Gasteiger partial charge in [0.25, 0.3) is 0 Å². The molecule has 7 heteroatoms. The van der Waals surface area contributed by atoms with Crippen molar-refractivity contribution in [3.05, 3.63) is 0 Å². The first kappa shape index (κ1) is 15.4. The Morgan fingerprint density at radius 1 is 1.35 bits per heavy atom. The zero-order valence-electron chi connectivity index (χ0n) is 9.77. The predicted molar refractivity (Wildman–Crippen MR) is 59.2 cm³/mol. The number of unbranched alkanes of at least 4 members (excludes halogenated alkanes) is 1. The van der Waals surface area contributed by atoms with Crippen LogP contribution in [0.15, 0.2) is 0 Å². The minimum Gasteiger partial charge on any atom is -0.480 e. The molecule has 0 saturated carbocycles. The fourth-order valence-corrected chi connectivity index (χ4v) is 1.10. The molecule has 0 radical (unpaired) electrons. The van der Waals surface area contributed by atoms with Gasteiger partial charge in [-0.05, 0) is 25.8 Å². The summed E-state index contributed by atoms with van der Waals surface area (Å²) >= 11 is 0. The quantitative estimate of drug-likeness (QED) is 0.336. The van der Waals surface area contributed by atoms with Crippen LogP contribution in [0.3, 0.4) is 0 Å². The molecule has 0 aromatic rings. The molecule has 17 heavy (non-hydrogen) atoms. The molecule has 4 N–H and O–H groups in total. The zero-order valence-corrected chi connectivity index (χ0v) is 9.77. The summed E-state index contributed by atoms with van der Waals surface area (Å²) in [6, 6.07) is -1.06. The number of carbonyl (C=O) groups is 3. The number of hydrogen-bond acceptors (Lipinski definition) is 5. The van der Waals surface area contributed by atoms with E-state index >= 15 is 0 Å². The highest BCUT2D eigenvalue weighted by Gasteiger charge is 2.21. The van der Waals surface area contributed by atoms with Gasteiger partial charge in [0.2, 0.25) is 0 Å². The highest BCUT2D eigenvalue weighted by molar-refractivity contribution is 5.87. The summed E-state index contributed by atoms with van der Waals surface area (Å²) in [6.45, 7) is 2.00. The Bertz CT molecular complexity index is 280. The molecule has 0 unspecified atom stereocenters. The second-order valence-corrected chi connectivity index (χ2v) is 3.43. The van der Waals surface area contributed by atoms with E-state index in [0.29, 0.717) is 19.4 Å². The molecule has 0 saturated heterocycles. The first-order valence-electron chi connectivity index (χ1n) is 5.45. The minimum absolute atomic E-state index is 0.0539. The lowest BCUT2D eigenvalue weighted by Gasteiger charge is -2.13. The van der Waals surface area contributed by atoms with Crippen LogP contribution in [0, 0.1) is 0 Å². The van der Waals surface area contributed by atoms with Crippen LogP contribution in [0.2, 0.25) is 0 Å². The molecule has 0 aliphatic rings. The lowest BCUT2D eigenvalue weighted by atomic mass is 10.1. The van der Waals surface area contributed by atoms with Crippen molar-refractivity contribution in [2.75, 3.05) is 6.54 Å². The SMILES string of the molecule is CCC(=O)OC(=O)N[C@@H](CCCCN)C(=O)O. The third-order valence-corrected chi connectivity index (χ3v) is 2.03. The van der Waals surface area contributed by atoms with E-state index in [-0.39, 0.29) is 12.8 Å². The van der Waals surface area contributed by atoms with Gasteiger partial charge in [0.1, 0.15) is 6.04 Å². The van der Waals surface area contributed by atoms with Crippen LogP contribution in [0.1, 0.15) is 32.6 Å². The maximum atomic E-state index is 11.1. The monoisotopic (exact) mass is 246 g/mol. The van der Waals surface area contributed by atoms with Gasteiger partial charge in [0.05, 0.1) is 0 Å². The van der Waals surface area contributed by atoms with Crippen molar-refractivity contribution < 1.29 is 24.2 Å². The lowest BCUT2D eigenvalue weighted by Crippen LogP contribution is -2.41. The number of alkyl carbamates (subject to hydrolysis) is 1. The van der Waals surface area contributed by atoms with Crippen LogP contribution in [0.25, 0.3) is 0 Å². The summed E-state index contributed by atoms with van der Waals surface area (Å²) in [5.74, 6) is -1.86. The van der Waals surface area contributed by atoms with Gasteiger partial charge in [0, 0.05) is 6.42 Å². The largest absolute Gasteiger partial charge is 0.480 e. The number of ether oxygens (including phenoxy) is 1. The molecule has 1 amide bonds. The van der Waals surface area contributed by atoms with E-state index in [4.69, 9.17) is 10.8 Å². The fraction of sp³-hybridized carbons (Fsp3) is 0.700. The third-order valence-electron chi connectivity index (χ3n) is 2.03. The van der Waals surface area contributed by atoms with E-state index in [1.165, 1.54) is 6.92 Å². The maximum Gasteiger partial charge on any atom is 0.415 e. The van der Waals surface area contributed by atoms with Crippen molar-refractivity contribution in [2.45, 2.75) is 38.6 Å². The van der Waals surface area contributed by atoms with Crippen LogP contribution in [0.4, 0.5) is 4.79 Å². The van der Waals surface area contributed by atoms with Crippen molar-refractivity contribution in [1.82, 2.24) is 5.32 Å². The van der Waals surface area contributed by atoms with Gasteiger partial charge in [-0.25, -0.2) is 9.59 Å². The van der Waals surface area contributed by atoms with E-state index in [1.807, 2.05) is 0 Å². The number of rotatable bonds is 7. The predicted octanol–water partition coefficient (Wildman–Crippen LogP) is 0.231. The van der Waals surface area contributed by atoms with Crippen molar-refractivity contribution in [3.8, 4) is 0 Å². The molecule has 7 nitrogen and oxygen atoms in total. The molecule has 0 heterocycles. The first-order chi connectivity index (χ1) is 8.01. The van der Waals surface area contributed by atoms with Crippen molar-refractivity contribution >= 4 is 18.0 Å². The average molecular weight is 246 g/mol. The van der Waals surface area contributed by atoms with E-state index in [0.717, 1.165) is 0 Å².